The van der Waals surface area contributed by atoms with E-state index in [-0.39, 0.29) is 28.3 Å². The molecular weight excluding hydrogens is 453 g/mol. The Morgan fingerprint density at radius 3 is 2.32 bits per heavy atom. The molecule has 1 aromatic heterocycles. The van der Waals surface area contributed by atoms with Crippen LogP contribution in [-0.4, -0.2) is 27.8 Å². The minimum Gasteiger partial charge on any atom is -0.530 e. The molecule has 11 heteroatoms. The summed E-state index contributed by atoms with van der Waals surface area (Å²) in [4.78, 5) is 43.3. The Morgan fingerprint density at radius 2 is 1.62 bits per heavy atom. The maximum Gasteiger partial charge on any atom is 0.416 e. The van der Waals surface area contributed by atoms with Crippen molar-refractivity contribution >= 4 is 40.5 Å². The normalized spacial score (nSPS) is 11.3. The fourth-order valence-electron chi connectivity index (χ4n) is 3.31. The first kappa shape index (κ1) is 22.5. The van der Waals surface area contributed by atoms with Crippen LogP contribution < -0.4 is 15.7 Å². The van der Waals surface area contributed by atoms with Crippen LogP contribution in [0.5, 0.6) is 0 Å². The highest BCUT2D eigenvalue weighted by Crippen LogP contribution is 2.31. The van der Waals surface area contributed by atoms with Crippen molar-refractivity contribution in [3.63, 3.8) is 0 Å². The van der Waals surface area contributed by atoms with Crippen molar-refractivity contribution in [1.82, 2.24) is 9.97 Å². The van der Waals surface area contributed by atoms with Gasteiger partial charge >= 0.3 is 6.18 Å². The molecule has 0 atom stereocenters. The number of amides is 2. The molecular formula is C23H14F3N4O4-. The number of imidazole rings is 1. The number of anilines is 2. The van der Waals surface area contributed by atoms with Crippen molar-refractivity contribution in [1.29, 1.82) is 0 Å². The predicted molar refractivity (Wildman–Crippen MR) is 114 cm³/mol. The molecule has 0 saturated carbocycles. The summed E-state index contributed by atoms with van der Waals surface area (Å²) in [5.41, 5.74) is -0.0799. The van der Waals surface area contributed by atoms with Gasteiger partial charge in [0.25, 0.3) is 5.91 Å². The predicted octanol–water partition coefficient (Wildman–Crippen LogP) is 3.82. The lowest BCUT2D eigenvalue weighted by Crippen LogP contribution is -2.29. The van der Waals surface area contributed by atoms with Gasteiger partial charge in [0.05, 0.1) is 22.2 Å². The highest BCUT2D eigenvalue weighted by Gasteiger charge is 2.30. The van der Waals surface area contributed by atoms with Crippen LogP contribution in [-0.2, 0) is 6.18 Å². The Kier molecular flexibility index (Phi) is 5.76. The number of benzene rings is 3. The maximum atomic E-state index is 13.2. The molecule has 3 aromatic carbocycles. The molecule has 8 nitrogen and oxygen atoms in total. The third-order valence-electron chi connectivity index (χ3n) is 4.83. The maximum absolute atomic E-state index is 13.2. The molecule has 34 heavy (non-hydrogen) atoms. The van der Waals surface area contributed by atoms with E-state index in [2.05, 4.69) is 15.3 Å². The van der Waals surface area contributed by atoms with Crippen molar-refractivity contribution in [2.45, 2.75) is 6.18 Å². The summed E-state index contributed by atoms with van der Waals surface area (Å²) in [6, 6.07) is 14.4. The standard InChI is InChI=1S/C23H15F3N4O4/c24-23(25,26)13-4-3-5-14(11-13)27-20(32)16-7-2-1-6-15(16)19(31)12-8-9-17-18(10-12)29-21(28-17)30-22(33)34/h1-11H,(H,27,32)(H,33,34)(H2,28,29,30)/p-1. The smallest absolute Gasteiger partial charge is 0.416 e. The Bertz CT molecular complexity index is 1430. The summed E-state index contributed by atoms with van der Waals surface area (Å²) in [7, 11) is 0. The molecule has 0 aliphatic carbocycles. The van der Waals surface area contributed by atoms with Crippen LogP contribution >= 0.6 is 0 Å². The first-order valence-electron chi connectivity index (χ1n) is 9.72. The number of carbonyl (C=O) groups is 3. The number of hydrogen-bond acceptors (Lipinski definition) is 5. The zero-order valence-electron chi connectivity index (χ0n) is 17.1. The SMILES string of the molecule is O=C([O-])Nc1nc2ccc(C(=O)c3ccccc3C(=O)Nc3cccc(C(F)(F)F)c3)cc2[nH]1. The van der Waals surface area contributed by atoms with Gasteiger partial charge in [-0.05, 0) is 42.5 Å². The molecule has 0 fully saturated rings. The average molecular weight is 467 g/mol. The second-order valence-corrected chi connectivity index (χ2v) is 7.14. The number of fused-ring (bicyclic) bond motifs is 1. The number of carbonyl (C=O) groups excluding carboxylic acids is 3. The van der Waals surface area contributed by atoms with Gasteiger partial charge in [0.15, 0.2) is 5.78 Å². The molecule has 2 amide bonds. The highest BCUT2D eigenvalue weighted by molar-refractivity contribution is 6.18. The number of nitrogens with zero attached hydrogens (tertiary/aromatic N) is 1. The van der Waals surface area contributed by atoms with Crippen molar-refractivity contribution in [3.05, 3.63) is 89.0 Å². The average Bonchev–Trinajstić information content (AvgIpc) is 3.19. The molecule has 4 aromatic rings. The monoisotopic (exact) mass is 467 g/mol. The fraction of sp³-hybridized carbons (Fsp3) is 0.0435. The Balaban J connectivity index is 1.62. The van der Waals surface area contributed by atoms with Crippen LogP contribution in [0.15, 0.2) is 66.7 Å². The Labute approximate surface area is 189 Å². The lowest BCUT2D eigenvalue weighted by Gasteiger charge is -2.12. The molecule has 172 valence electrons. The molecule has 1 heterocycles. The number of rotatable bonds is 5. The van der Waals surface area contributed by atoms with Gasteiger partial charge in [0, 0.05) is 16.8 Å². The van der Waals surface area contributed by atoms with E-state index in [0.717, 1.165) is 12.1 Å². The number of alkyl halides is 3. The molecule has 0 aliphatic heterocycles. The van der Waals surface area contributed by atoms with E-state index < -0.39 is 29.5 Å². The van der Waals surface area contributed by atoms with E-state index in [0.29, 0.717) is 11.0 Å². The van der Waals surface area contributed by atoms with E-state index >= 15 is 0 Å². The quantitative estimate of drug-likeness (QED) is 0.385. The second-order valence-electron chi connectivity index (χ2n) is 7.14. The lowest BCUT2D eigenvalue weighted by molar-refractivity contribution is -0.242. The van der Waals surface area contributed by atoms with Crippen LogP contribution in [0.1, 0.15) is 31.8 Å². The lowest BCUT2D eigenvalue weighted by atomic mass is 9.97. The van der Waals surface area contributed by atoms with Gasteiger partial charge < -0.3 is 25.5 Å². The molecule has 0 bridgehead atoms. The number of hydrogen-bond donors (Lipinski definition) is 3. The van der Waals surface area contributed by atoms with Crippen LogP contribution in [0.4, 0.5) is 29.6 Å². The highest BCUT2D eigenvalue weighted by atomic mass is 19.4. The van der Waals surface area contributed by atoms with Crippen LogP contribution in [0.2, 0.25) is 0 Å². The number of aromatic nitrogens is 2. The number of halogens is 3. The first-order valence-corrected chi connectivity index (χ1v) is 9.72. The number of aromatic amines is 1. The third-order valence-corrected chi connectivity index (χ3v) is 4.83. The topological polar surface area (TPSA) is 127 Å². The summed E-state index contributed by atoms with van der Waals surface area (Å²) >= 11 is 0. The molecule has 0 aliphatic rings. The number of carboxylic acid groups (broad SMARTS) is 1. The second kappa shape index (κ2) is 8.70. The summed E-state index contributed by atoms with van der Waals surface area (Å²) in [6.45, 7) is 0. The molecule has 0 spiro atoms. The number of ketones is 1. The van der Waals surface area contributed by atoms with Crippen LogP contribution in [0.3, 0.4) is 0 Å². The zero-order chi connectivity index (χ0) is 24.5. The van der Waals surface area contributed by atoms with E-state index in [1.165, 1.54) is 48.5 Å². The van der Waals surface area contributed by atoms with Gasteiger partial charge in [-0.1, -0.05) is 24.3 Å². The molecule has 0 radical (unpaired) electrons. The molecule has 0 unspecified atom stereocenters. The summed E-state index contributed by atoms with van der Waals surface area (Å²) < 4.78 is 38.9. The molecule has 0 saturated heterocycles. The van der Waals surface area contributed by atoms with Crippen LogP contribution in [0, 0.1) is 0 Å². The summed E-state index contributed by atoms with van der Waals surface area (Å²) in [5.74, 6) is -1.37. The minimum atomic E-state index is -4.57. The van der Waals surface area contributed by atoms with Gasteiger partial charge in [-0.25, -0.2) is 4.98 Å². The summed E-state index contributed by atoms with van der Waals surface area (Å²) in [5, 5.41) is 15.0. The van der Waals surface area contributed by atoms with Gasteiger partial charge in [-0.15, -0.1) is 0 Å². The zero-order valence-corrected chi connectivity index (χ0v) is 17.1. The molecule has 4 rings (SSSR count). The van der Waals surface area contributed by atoms with E-state index in [9.17, 15) is 32.7 Å². The van der Waals surface area contributed by atoms with Gasteiger partial charge in [-0.2, -0.15) is 13.2 Å². The Hall–Kier alpha value is -4.67. The Morgan fingerprint density at radius 1 is 0.882 bits per heavy atom. The van der Waals surface area contributed by atoms with Gasteiger partial charge in [0.1, 0.15) is 6.09 Å². The van der Waals surface area contributed by atoms with Gasteiger partial charge in [0.2, 0.25) is 5.95 Å². The minimum absolute atomic E-state index is 0.0268. The van der Waals surface area contributed by atoms with Gasteiger partial charge in [-0.3, -0.25) is 9.59 Å². The van der Waals surface area contributed by atoms with Crippen molar-refractivity contribution < 1.29 is 32.7 Å². The fourth-order valence-corrected chi connectivity index (χ4v) is 3.31. The number of H-pyrrole nitrogens is 1. The molecule has 3 N–H and O–H groups in total. The van der Waals surface area contributed by atoms with Crippen molar-refractivity contribution in [2.75, 3.05) is 10.6 Å². The largest absolute Gasteiger partial charge is 0.530 e. The number of nitrogens with one attached hydrogen (secondary N) is 3. The third kappa shape index (κ3) is 4.72. The van der Waals surface area contributed by atoms with E-state index in [1.807, 2.05) is 5.32 Å². The van der Waals surface area contributed by atoms with E-state index in [1.54, 1.807) is 6.07 Å². The first-order chi connectivity index (χ1) is 16.1. The van der Waals surface area contributed by atoms with Crippen LogP contribution in [0.25, 0.3) is 11.0 Å². The summed E-state index contributed by atoms with van der Waals surface area (Å²) in [6.07, 6.45) is -6.13. The van der Waals surface area contributed by atoms with Crippen molar-refractivity contribution in [3.8, 4) is 0 Å². The van der Waals surface area contributed by atoms with E-state index in [4.69, 9.17) is 0 Å². The van der Waals surface area contributed by atoms with Crippen molar-refractivity contribution in [2.24, 2.45) is 0 Å².